The van der Waals surface area contributed by atoms with E-state index in [1.807, 2.05) is 40.7 Å². The number of aromatic nitrogens is 1. The fourth-order valence-electron chi connectivity index (χ4n) is 3.47. The number of nitriles is 1. The van der Waals surface area contributed by atoms with Gasteiger partial charge in [-0.3, -0.25) is 4.79 Å². The third-order valence-electron chi connectivity index (χ3n) is 4.76. The molecule has 1 aliphatic rings. The Labute approximate surface area is 130 Å². The van der Waals surface area contributed by atoms with Crippen molar-refractivity contribution in [3.05, 3.63) is 35.5 Å². The first-order valence-corrected chi connectivity index (χ1v) is 7.91. The van der Waals surface area contributed by atoms with Crippen LogP contribution in [0.4, 0.5) is 0 Å². The average molecular weight is 295 g/mol. The summed E-state index contributed by atoms with van der Waals surface area (Å²) < 4.78 is 1.98. The quantitative estimate of drug-likeness (QED) is 0.854. The second kappa shape index (κ2) is 5.84. The summed E-state index contributed by atoms with van der Waals surface area (Å²) in [6.07, 6.45) is 3.38. The van der Waals surface area contributed by atoms with Crippen LogP contribution >= 0.6 is 0 Å². The number of likely N-dealkylation sites (tertiary alicyclic amines) is 1. The lowest BCUT2D eigenvalue weighted by Crippen LogP contribution is -2.43. The highest BCUT2D eigenvalue weighted by atomic mass is 16.2. The number of piperidine rings is 1. The molecule has 2 heterocycles. The van der Waals surface area contributed by atoms with Crippen molar-refractivity contribution in [1.29, 1.82) is 5.26 Å². The Morgan fingerprint density at radius 3 is 2.86 bits per heavy atom. The fourth-order valence-corrected chi connectivity index (χ4v) is 3.47. The van der Waals surface area contributed by atoms with Gasteiger partial charge in [-0.25, -0.2) is 0 Å². The third kappa shape index (κ3) is 2.37. The molecule has 1 atom stereocenters. The lowest BCUT2D eigenvalue weighted by atomic mass is 10.0. The van der Waals surface area contributed by atoms with Gasteiger partial charge < -0.3 is 9.47 Å². The van der Waals surface area contributed by atoms with Gasteiger partial charge in [-0.1, -0.05) is 18.2 Å². The van der Waals surface area contributed by atoms with Gasteiger partial charge in [0.1, 0.15) is 12.6 Å². The number of hydrogen-bond donors (Lipinski definition) is 0. The normalized spacial score (nSPS) is 18.4. The molecule has 1 aliphatic heterocycles. The second-order valence-corrected chi connectivity index (χ2v) is 6.11. The van der Waals surface area contributed by atoms with E-state index >= 15 is 0 Å². The van der Waals surface area contributed by atoms with Gasteiger partial charge in [0.05, 0.1) is 11.1 Å². The predicted molar refractivity (Wildman–Crippen MR) is 86.4 cm³/mol. The molecule has 114 valence electrons. The van der Waals surface area contributed by atoms with E-state index in [0.29, 0.717) is 18.2 Å². The molecule has 0 bridgehead atoms. The molecule has 2 aromatic rings. The maximum atomic E-state index is 12.7. The standard InChI is InChI=1S/C18H21N3O/c1-13-7-5-6-10-20(13)18(22)12-21-14(2)16(11-19)15-8-3-4-9-17(15)21/h3-4,8-9,13H,5-7,10,12H2,1-2H3/t13-/m0/s1. The van der Waals surface area contributed by atoms with Crippen LogP contribution in [0.5, 0.6) is 0 Å². The smallest absolute Gasteiger partial charge is 0.242 e. The summed E-state index contributed by atoms with van der Waals surface area (Å²) in [4.78, 5) is 14.7. The Hall–Kier alpha value is -2.28. The van der Waals surface area contributed by atoms with E-state index in [9.17, 15) is 10.1 Å². The van der Waals surface area contributed by atoms with Gasteiger partial charge in [-0.05, 0) is 39.2 Å². The van der Waals surface area contributed by atoms with Crippen molar-refractivity contribution in [1.82, 2.24) is 9.47 Å². The van der Waals surface area contributed by atoms with Crippen LogP contribution in [-0.4, -0.2) is 28.0 Å². The van der Waals surface area contributed by atoms with Crippen LogP contribution in [0.2, 0.25) is 0 Å². The molecule has 1 saturated heterocycles. The zero-order chi connectivity index (χ0) is 15.7. The van der Waals surface area contributed by atoms with Gasteiger partial charge in [-0.15, -0.1) is 0 Å². The summed E-state index contributed by atoms with van der Waals surface area (Å²) in [5.74, 6) is 0.153. The van der Waals surface area contributed by atoms with Gasteiger partial charge in [-0.2, -0.15) is 5.26 Å². The second-order valence-electron chi connectivity index (χ2n) is 6.11. The van der Waals surface area contributed by atoms with Crippen LogP contribution in [0, 0.1) is 18.3 Å². The highest BCUT2D eigenvalue weighted by Crippen LogP contribution is 2.26. The first-order valence-electron chi connectivity index (χ1n) is 7.91. The zero-order valence-electron chi connectivity index (χ0n) is 13.2. The molecule has 4 nitrogen and oxygen atoms in total. The number of para-hydroxylation sites is 1. The molecule has 1 aromatic carbocycles. The number of carbonyl (C=O) groups excluding carboxylic acids is 1. The highest BCUT2D eigenvalue weighted by molar-refractivity contribution is 5.89. The lowest BCUT2D eigenvalue weighted by molar-refractivity contribution is -0.135. The number of hydrogen-bond acceptors (Lipinski definition) is 2. The van der Waals surface area contributed by atoms with Crippen LogP contribution in [-0.2, 0) is 11.3 Å². The zero-order valence-corrected chi connectivity index (χ0v) is 13.2. The fraction of sp³-hybridized carbons (Fsp3) is 0.444. The molecule has 1 fully saturated rings. The molecular weight excluding hydrogens is 274 g/mol. The summed E-state index contributed by atoms with van der Waals surface area (Å²) in [6, 6.07) is 10.4. The van der Waals surface area contributed by atoms with E-state index in [1.54, 1.807) is 0 Å². The summed E-state index contributed by atoms with van der Waals surface area (Å²) in [7, 11) is 0. The Balaban J connectivity index is 1.96. The van der Waals surface area contributed by atoms with Gasteiger partial charge in [0.2, 0.25) is 5.91 Å². The average Bonchev–Trinajstić information content (AvgIpc) is 2.79. The molecule has 0 spiro atoms. The van der Waals surface area contributed by atoms with Gasteiger partial charge >= 0.3 is 0 Å². The number of benzene rings is 1. The summed E-state index contributed by atoms with van der Waals surface area (Å²) in [6.45, 7) is 5.21. The SMILES string of the molecule is Cc1c(C#N)c2ccccc2n1CC(=O)N1CCCC[C@@H]1C. The molecule has 0 unspecified atom stereocenters. The van der Waals surface area contributed by atoms with Crippen molar-refractivity contribution >= 4 is 16.8 Å². The lowest BCUT2D eigenvalue weighted by Gasteiger charge is -2.33. The maximum absolute atomic E-state index is 12.7. The van der Waals surface area contributed by atoms with Crippen molar-refractivity contribution in [2.75, 3.05) is 6.54 Å². The number of fused-ring (bicyclic) bond motifs is 1. The monoisotopic (exact) mass is 295 g/mol. The van der Waals surface area contributed by atoms with Crippen molar-refractivity contribution in [2.24, 2.45) is 0 Å². The summed E-state index contributed by atoms with van der Waals surface area (Å²) in [5, 5.41) is 10.3. The van der Waals surface area contributed by atoms with Gasteiger partial charge in [0.25, 0.3) is 0 Å². The molecule has 0 N–H and O–H groups in total. The van der Waals surface area contributed by atoms with E-state index in [0.717, 1.165) is 36.0 Å². The molecule has 1 amide bonds. The van der Waals surface area contributed by atoms with Crippen LogP contribution in [0.3, 0.4) is 0 Å². The molecule has 3 rings (SSSR count). The Morgan fingerprint density at radius 2 is 2.14 bits per heavy atom. The Bertz CT molecular complexity index is 754. The van der Waals surface area contributed by atoms with Crippen molar-refractivity contribution in [2.45, 2.75) is 45.7 Å². The highest BCUT2D eigenvalue weighted by Gasteiger charge is 2.24. The van der Waals surface area contributed by atoms with Crippen LogP contribution < -0.4 is 0 Å². The summed E-state index contributed by atoms with van der Waals surface area (Å²) in [5.41, 5.74) is 2.52. The third-order valence-corrected chi connectivity index (χ3v) is 4.76. The van der Waals surface area contributed by atoms with E-state index in [-0.39, 0.29) is 5.91 Å². The first-order chi connectivity index (χ1) is 10.6. The Kier molecular flexibility index (Phi) is 3.89. The van der Waals surface area contributed by atoms with Crippen molar-refractivity contribution in [3.8, 4) is 6.07 Å². The van der Waals surface area contributed by atoms with Crippen molar-refractivity contribution in [3.63, 3.8) is 0 Å². The molecule has 0 saturated carbocycles. The number of nitrogens with zero attached hydrogens (tertiary/aromatic N) is 3. The molecule has 0 aliphatic carbocycles. The minimum absolute atomic E-state index is 0.153. The van der Waals surface area contributed by atoms with E-state index in [2.05, 4.69) is 13.0 Å². The Morgan fingerprint density at radius 1 is 1.36 bits per heavy atom. The summed E-state index contributed by atoms with van der Waals surface area (Å²) >= 11 is 0. The minimum Gasteiger partial charge on any atom is -0.338 e. The topological polar surface area (TPSA) is 49.0 Å². The molecular formula is C18H21N3O. The van der Waals surface area contributed by atoms with Crippen molar-refractivity contribution < 1.29 is 4.79 Å². The minimum atomic E-state index is 0.153. The largest absolute Gasteiger partial charge is 0.338 e. The molecule has 4 heteroatoms. The van der Waals surface area contributed by atoms with Crippen LogP contribution in [0.25, 0.3) is 10.9 Å². The molecule has 1 aromatic heterocycles. The molecule has 22 heavy (non-hydrogen) atoms. The van der Waals surface area contributed by atoms with E-state index in [1.165, 1.54) is 6.42 Å². The van der Waals surface area contributed by atoms with Crippen LogP contribution in [0.1, 0.15) is 37.4 Å². The maximum Gasteiger partial charge on any atom is 0.242 e. The molecule has 0 radical (unpaired) electrons. The first kappa shape index (κ1) is 14.6. The van der Waals surface area contributed by atoms with Gasteiger partial charge in [0.15, 0.2) is 0 Å². The number of amides is 1. The van der Waals surface area contributed by atoms with Gasteiger partial charge in [0, 0.05) is 23.7 Å². The number of carbonyl (C=O) groups is 1. The number of rotatable bonds is 2. The predicted octanol–water partition coefficient (Wildman–Crippen LogP) is 3.22. The van der Waals surface area contributed by atoms with E-state index < -0.39 is 0 Å². The van der Waals surface area contributed by atoms with Crippen LogP contribution in [0.15, 0.2) is 24.3 Å². The van der Waals surface area contributed by atoms with E-state index in [4.69, 9.17) is 0 Å².